The standard InChI is InChI=1S/C17H20N2O2/c1-11-7-9-14(10-8-11)21-13(3)17(20)19-16-6-4-5-15(18)12(16)2/h4-10,13H,18H2,1-3H3,(H,19,20)/t13-/m1/s1. The molecule has 0 radical (unpaired) electrons. The number of anilines is 2. The fraction of sp³-hybridized carbons (Fsp3) is 0.235. The van der Waals surface area contributed by atoms with Crippen LogP contribution in [0.5, 0.6) is 5.75 Å². The van der Waals surface area contributed by atoms with Crippen LogP contribution in [-0.2, 0) is 4.79 Å². The summed E-state index contributed by atoms with van der Waals surface area (Å²) in [5.41, 5.74) is 9.19. The lowest BCUT2D eigenvalue weighted by Crippen LogP contribution is -2.30. The molecule has 21 heavy (non-hydrogen) atoms. The second-order valence-electron chi connectivity index (χ2n) is 5.08. The Morgan fingerprint density at radius 1 is 1.14 bits per heavy atom. The Bertz CT molecular complexity index is 636. The maximum absolute atomic E-state index is 12.2. The van der Waals surface area contributed by atoms with Crippen LogP contribution in [0.4, 0.5) is 11.4 Å². The van der Waals surface area contributed by atoms with Gasteiger partial charge in [-0.05, 0) is 50.6 Å². The predicted molar refractivity (Wildman–Crippen MR) is 85.5 cm³/mol. The molecular weight excluding hydrogens is 264 g/mol. The molecule has 0 saturated heterocycles. The van der Waals surface area contributed by atoms with Gasteiger partial charge in [0.15, 0.2) is 6.10 Å². The highest BCUT2D eigenvalue weighted by Crippen LogP contribution is 2.21. The van der Waals surface area contributed by atoms with E-state index >= 15 is 0 Å². The summed E-state index contributed by atoms with van der Waals surface area (Å²) in [6.45, 7) is 5.59. The van der Waals surface area contributed by atoms with Gasteiger partial charge in [0.1, 0.15) is 5.75 Å². The largest absolute Gasteiger partial charge is 0.481 e. The zero-order chi connectivity index (χ0) is 15.4. The lowest BCUT2D eigenvalue weighted by atomic mass is 10.1. The van der Waals surface area contributed by atoms with Crippen LogP contribution in [0, 0.1) is 13.8 Å². The van der Waals surface area contributed by atoms with Crippen molar-refractivity contribution in [3.05, 3.63) is 53.6 Å². The summed E-state index contributed by atoms with van der Waals surface area (Å²) in [6, 6.07) is 13.0. The van der Waals surface area contributed by atoms with Gasteiger partial charge in [-0.25, -0.2) is 0 Å². The van der Waals surface area contributed by atoms with Crippen molar-refractivity contribution in [3.63, 3.8) is 0 Å². The number of ether oxygens (including phenoxy) is 1. The number of carbonyl (C=O) groups is 1. The molecule has 0 unspecified atom stereocenters. The Labute approximate surface area is 124 Å². The number of nitrogen functional groups attached to an aromatic ring is 1. The molecule has 0 bridgehead atoms. The van der Waals surface area contributed by atoms with Gasteiger partial charge in [0.25, 0.3) is 5.91 Å². The summed E-state index contributed by atoms with van der Waals surface area (Å²) in [5, 5.41) is 2.84. The number of amides is 1. The zero-order valence-electron chi connectivity index (χ0n) is 12.5. The lowest BCUT2D eigenvalue weighted by Gasteiger charge is -2.16. The van der Waals surface area contributed by atoms with Crippen LogP contribution in [0.15, 0.2) is 42.5 Å². The van der Waals surface area contributed by atoms with E-state index in [1.54, 1.807) is 13.0 Å². The maximum atomic E-state index is 12.2. The molecule has 0 aromatic heterocycles. The van der Waals surface area contributed by atoms with Gasteiger partial charge in [0.05, 0.1) is 0 Å². The van der Waals surface area contributed by atoms with Crippen LogP contribution in [0.25, 0.3) is 0 Å². The second kappa shape index (κ2) is 6.31. The first-order chi connectivity index (χ1) is 9.97. The summed E-state index contributed by atoms with van der Waals surface area (Å²) in [5.74, 6) is 0.469. The van der Waals surface area contributed by atoms with E-state index in [0.29, 0.717) is 17.1 Å². The van der Waals surface area contributed by atoms with Gasteiger partial charge in [0.2, 0.25) is 0 Å². The Kier molecular flexibility index (Phi) is 4.48. The first kappa shape index (κ1) is 14.9. The molecule has 0 aliphatic carbocycles. The fourth-order valence-electron chi connectivity index (χ4n) is 1.90. The Balaban J connectivity index is 2.02. The van der Waals surface area contributed by atoms with Gasteiger partial charge < -0.3 is 15.8 Å². The van der Waals surface area contributed by atoms with E-state index in [0.717, 1.165) is 11.1 Å². The molecule has 0 aliphatic heterocycles. The van der Waals surface area contributed by atoms with Crippen molar-refractivity contribution >= 4 is 17.3 Å². The van der Waals surface area contributed by atoms with Crippen LogP contribution in [0.3, 0.4) is 0 Å². The van der Waals surface area contributed by atoms with Crippen molar-refractivity contribution in [1.82, 2.24) is 0 Å². The molecule has 1 atom stereocenters. The SMILES string of the molecule is Cc1ccc(O[C@H](C)C(=O)Nc2cccc(N)c2C)cc1. The smallest absolute Gasteiger partial charge is 0.265 e. The second-order valence-corrected chi connectivity index (χ2v) is 5.08. The van der Waals surface area contributed by atoms with E-state index in [1.165, 1.54) is 0 Å². The highest BCUT2D eigenvalue weighted by molar-refractivity contribution is 5.95. The molecule has 0 saturated carbocycles. The number of rotatable bonds is 4. The van der Waals surface area contributed by atoms with Gasteiger partial charge in [0, 0.05) is 11.4 Å². The number of benzene rings is 2. The third kappa shape index (κ3) is 3.75. The van der Waals surface area contributed by atoms with Crippen molar-refractivity contribution in [2.75, 3.05) is 11.1 Å². The maximum Gasteiger partial charge on any atom is 0.265 e. The quantitative estimate of drug-likeness (QED) is 0.847. The van der Waals surface area contributed by atoms with E-state index in [4.69, 9.17) is 10.5 Å². The van der Waals surface area contributed by atoms with Crippen molar-refractivity contribution in [2.24, 2.45) is 0 Å². The Morgan fingerprint density at radius 2 is 1.81 bits per heavy atom. The molecular formula is C17H20N2O2. The molecule has 2 rings (SSSR count). The van der Waals surface area contributed by atoms with Gasteiger partial charge in [-0.15, -0.1) is 0 Å². The van der Waals surface area contributed by atoms with Crippen LogP contribution < -0.4 is 15.8 Å². The summed E-state index contributed by atoms with van der Waals surface area (Å²) < 4.78 is 5.63. The van der Waals surface area contributed by atoms with Crippen molar-refractivity contribution in [2.45, 2.75) is 26.9 Å². The van der Waals surface area contributed by atoms with E-state index < -0.39 is 6.10 Å². The highest BCUT2D eigenvalue weighted by Gasteiger charge is 2.16. The topological polar surface area (TPSA) is 64.3 Å². The van der Waals surface area contributed by atoms with Gasteiger partial charge >= 0.3 is 0 Å². The van der Waals surface area contributed by atoms with Crippen LogP contribution in [0.1, 0.15) is 18.1 Å². The minimum absolute atomic E-state index is 0.204. The summed E-state index contributed by atoms with van der Waals surface area (Å²) >= 11 is 0. The molecule has 1 amide bonds. The van der Waals surface area contributed by atoms with E-state index in [1.807, 2.05) is 50.2 Å². The molecule has 0 fully saturated rings. The number of hydrogen-bond acceptors (Lipinski definition) is 3. The van der Waals surface area contributed by atoms with Gasteiger partial charge in [-0.3, -0.25) is 4.79 Å². The summed E-state index contributed by atoms with van der Waals surface area (Å²) in [7, 11) is 0. The number of hydrogen-bond donors (Lipinski definition) is 2. The van der Waals surface area contributed by atoms with E-state index in [-0.39, 0.29) is 5.91 Å². The van der Waals surface area contributed by atoms with Crippen LogP contribution in [-0.4, -0.2) is 12.0 Å². The monoisotopic (exact) mass is 284 g/mol. The molecule has 4 heteroatoms. The average molecular weight is 284 g/mol. The van der Waals surface area contributed by atoms with Crippen molar-refractivity contribution in [3.8, 4) is 5.75 Å². The minimum atomic E-state index is -0.589. The highest BCUT2D eigenvalue weighted by atomic mass is 16.5. The molecule has 0 heterocycles. The lowest BCUT2D eigenvalue weighted by molar-refractivity contribution is -0.122. The molecule has 110 valence electrons. The number of nitrogens with one attached hydrogen (secondary N) is 1. The minimum Gasteiger partial charge on any atom is -0.481 e. The van der Waals surface area contributed by atoms with Gasteiger partial charge in [-0.1, -0.05) is 23.8 Å². The average Bonchev–Trinajstić information content (AvgIpc) is 2.46. The van der Waals surface area contributed by atoms with Crippen LogP contribution >= 0.6 is 0 Å². The Morgan fingerprint density at radius 3 is 2.48 bits per heavy atom. The summed E-state index contributed by atoms with van der Waals surface area (Å²) in [6.07, 6.45) is -0.589. The molecule has 2 aromatic rings. The predicted octanol–water partition coefficient (Wildman–Crippen LogP) is 3.29. The summed E-state index contributed by atoms with van der Waals surface area (Å²) in [4.78, 5) is 12.2. The first-order valence-electron chi connectivity index (χ1n) is 6.86. The number of carbonyl (C=O) groups excluding carboxylic acids is 1. The Hall–Kier alpha value is -2.49. The molecule has 0 spiro atoms. The van der Waals surface area contributed by atoms with Crippen molar-refractivity contribution < 1.29 is 9.53 Å². The third-order valence-electron chi connectivity index (χ3n) is 3.34. The molecule has 3 N–H and O–H groups in total. The fourth-order valence-corrected chi connectivity index (χ4v) is 1.90. The van der Waals surface area contributed by atoms with E-state index in [2.05, 4.69) is 5.32 Å². The van der Waals surface area contributed by atoms with Crippen LogP contribution in [0.2, 0.25) is 0 Å². The van der Waals surface area contributed by atoms with E-state index in [9.17, 15) is 4.79 Å². The third-order valence-corrected chi connectivity index (χ3v) is 3.34. The van der Waals surface area contributed by atoms with Gasteiger partial charge in [-0.2, -0.15) is 0 Å². The first-order valence-corrected chi connectivity index (χ1v) is 6.86. The molecule has 4 nitrogen and oxygen atoms in total. The molecule has 0 aliphatic rings. The normalized spacial score (nSPS) is 11.8. The number of aryl methyl sites for hydroxylation is 1. The number of nitrogens with two attached hydrogens (primary N) is 1. The molecule has 2 aromatic carbocycles. The van der Waals surface area contributed by atoms with Crippen molar-refractivity contribution in [1.29, 1.82) is 0 Å². The zero-order valence-corrected chi connectivity index (χ0v) is 12.5.